The zero-order valence-corrected chi connectivity index (χ0v) is 15.2. The molecule has 0 saturated heterocycles. The summed E-state index contributed by atoms with van der Waals surface area (Å²) in [6.07, 6.45) is 3.52. The van der Waals surface area contributed by atoms with Crippen molar-refractivity contribution in [1.82, 2.24) is 0 Å². The number of halogens is 1. The Balaban J connectivity index is 5.04. The Morgan fingerprint density at radius 2 is 1.41 bits per heavy atom. The first-order chi connectivity index (χ1) is 7.57. The maximum Gasteiger partial charge on any atom is 0.241 e. The van der Waals surface area contributed by atoms with E-state index in [0.29, 0.717) is 11.1 Å². The van der Waals surface area contributed by atoms with E-state index in [-0.39, 0.29) is 0 Å². The third kappa shape index (κ3) is 4.86. The molecule has 0 aliphatic carbocycles. The molecule has 0 aliphatic heterocycles. The van der Waals surface area contributed by atoms with Crippen molar-refractivity contribution < 1.29 is 4.11 Å². The van der Waals surface area contributed by atoms with Gasteiger partial charge in [-0.3, -0.25) is 0 Å². The SMILES string of the molecule is CCC(C)CC([Si](C)(C)F)[Si](C)(C)C(C)CC. The van der Waals surface area contributed by atoms with Crippen LogP contribution in [0.2, 0.25) is 36.9 Å². The normalized spacial score (nSPS) is 18.9. The van der Waals surface area contributed by atoms with Crippen molar-refractivity contribution in [3.63, 3.8) is 0 Å². The van der Waals surface area contributed by atoms with Crippen LogP contribution in [0.1, 0.15) is 47.0 Å². The number of hydrogen-bond acceptors (Lipinski definition) is 0. The summed E-state index contributed by atoms with van der Waals surface area (Å²) in [5.74, 6) is 0.679. The Bertz CT molecular complexity index is 221. The predicted octanol–water partition coefficient (Wildman–Crippen LogP) is 6.02. The van der Waals surface area contributed by atoms with Gasteiger partial charge in [-0.2, -0.15) is 0 Å². The lowest BCUT2D eigenvalue weighted by molar-refractivity contribution is 0.510. The van der Waals surface area contributed by atoms with E-state index < -0.39 is 16.5 Å². The zero-order chi connectivity index (χ0) is 13.9. The summed E-state index contributed by atoms with van der Waals surface area (Å²) in [5, 5.41) is 0.417. The zero-order valence-electron chi connectivity index (χ0n) is 13.2. The van der Waals surface area contributed by atoms with Gasteiger partial charge < -0.3 is 4.11 Å². The molecule has 104 valence electrons. The van der Waals surface area contributed by atoms with Gasteiger partial charge in [0, 0.05) is 0 Å². The second kappa shape index (κ2) is 6.51. The fraction of sp³-hybridized carbons (Fsp3) is 1.00. The Morgan fingerprint density at radius 3 is 1.71 bits per heavy atom. The Hall–Kier alpha value is 0.364. The van der Waals surface area contributed by atoms with Crippen LogP contribution in [0.25, 0.3) is 0 Å². The molecule has 0 spiro atoms. The largest absolute Gasteiger partial charge is 0.314 e. The third-order valence-corrected chi connectivity index (χ3v) is 16.1. The van der Waals surface area contributed by atoms with Crippen LogP contribution in [0.5, 0.6) is 0 Å². The molecule has 3 unspecified atom stereocenters. The van der Waals surface area contributed by atoms with Crippen molar-refractivity contribution in [2.75, 3.05) is 0 Å². The first kappa shape index (κ1) is 17.4. The minimum absolute atomic E-state index is 0.417. The summed E-state index contributed by atoms with van der Waals surface area (Å²) in [4.78, 5) is 0. The van der Waals surface area contributed by atoms with Gasteiger partial charge in [0.1, 0.15) is 0 Å². The van der Waals surface area contributed by atoms with Crippen LogP contribution in [0, 0.1) is 5.92 Å². The monoisotopic (exact) mass is 276 g/mol. The van der Waals surface area contributed by atoms with Crippen molar-refractivity contribution in [3.8, 4) is 0 Å². The summed E-state index contributed by atoms with van der Waals surface area (Å²) in [6.45, 7) is 17.8. The Morgan fingerprint density at radius 1 is 0.941 bits per heavy atom. The van der Waals surface area contributed by atoms with E-state index in [9.17, 15) is 4.11 Å². The number of hydrogen-bond donors (Lipinski definition) is 0. The molecule has 0 aliphatic rings. The molecule has 3 heteroatoms. The van der Waals surface area contributed by atoms with Crippen molar-refractivity contribution in [1.29, 1.82) is 0 Å². The second-order valence-electron chi connectivity index (χ2n) is 7.00. The molecule has 0 nitrogen and oxygen atoms in total. The molecule has 0 aromatic rings. The Kier molecular flexibility index (Phi) is 6.65. The Labute approximate surface area is 111 Å². The van der Waals surface area contributed by atoms with Gasteiger partial charge in [-0.05, 0) is 29.7 Å². The third-order valence-electron chi connectivity index (χ3n) is 4.94. The molecule has 0 bridgehead atoms. The molecule has 0 N–H and O–H groups in total. The minimum Gasteiger partial charge on any atom is -0.314 e. The van der Waals surface area contributed by atoms with Crippen LogP contribution in [0.3, 0.4) is 0 Å². The van der Waals surface area contributed by atoms with Gasteiger partial charge in [0.05, 0.1) is 8.07 Å². The van der Waals surface area contributed by atoms with E-state index in [1.165, 1.54) is 12.8 Å². The lowest BCUT2D eigenvalue weighted by Gasteiger charge is -2.42. The quantitative estimate of drug-likeness (QED) is 0.394. The van der Waals surface area contributed by atoms with Crippen molar-refractivity contribution in [2.45, 2.75) is 83.9 Å². The van der Waals surface area contributed by atoms with E-state index in [1.807, 2.05) is 13.1 Å². The van der Waals surface area contributed by atoms with Crippen LogP contribution < -0.4 is 0 Å². The minimum atomic E-state index is -2.52. The predicted molar refractivity (Wildman–Crippen MR) is 83.6 cm³/mol. The summed E-state index contributed by atoms with van der Waals surface area (Å²) in [5.41, 5.74) is 0.735. The molecule has 3 atom stereocenters. The van der Waals surface area contributed by atoms with Crippen LogP contribution >= 0.6 is 0 Å². The number of rotatable bonds is 7. The van der Waals surface area contributed by atoms with E-state index in [0.717, 1.165) is 12.0 Å². The highest BCUT2D eigenvalue weighted by Gasteiger charge is 2.46. The molecule has 0 aromatic heterocycles. The van der Waals surface area contributed by atoms with Gasteiger partial charge in [0.25, 0.3) is 0 Å². The second-order valence-corrected chi connectivity index (χ2v) is 16.7. The molecule has 0 amide bonds. The van der Waals surface area contributed by atoms with Gasteiger partial charge in [-0.1, -0.05) is 60.1 Å². The van der Waals surface area contributed by atoms with Crippen molar-refractivity contribution in [3.05, 3.63) is 0 Å². The standard InChI is InChI=1S/C14H33FSi2/c1-9-12(3)11-14(17(7,8)15)16(5,6)13(4)10-2/h12-14H,9-11H2,1-8H3. The lowest BCUT2D eigenvalue weighted by atomic mass is 10.1. The molecular weight excluding hydrogens is 243 g/mol. The molecule has 0 heterocycles. The van der Waals surface area contributed by atoms with Crippen LogP contribution in [0.15, 0.2) is 0 Å². The average Bonchev–Trinajstić information content (AvgIpc) is 2.22. The molecule has 0 saturated carbocycles. The summed E-state index contributed by atoms with van der Waals surface area (Å²) < 4.78 is 14.7. The van der Waals surface area contributed by atoms with Gasteiger partial charge in [-0.25, -0.2) is 0 Å². The molecule has 0 fully saturated rings. The summed E-state index contributed by atoms with van der Waals surface area (Å²) in [7, 11) is -3.98. The van der Waals surface area contributed by atoms with Crippen LogP contribution in [-0.4, -0.2) is 16.5 Å². The summed E-state index contributed by atoms with van der Waals surface area (Å²) >= 11 is 0. The first-order valence-electron chi connectivity index (χ1n) is 7.26. The summed E-state index contributed by atoms with van der Waals surface area (Å²) in [6, 6.07) is 0. The van der Waals surface area contributed by atoms with Crippen molar-refractivity contribution in [2.24, 2.45) is 5.92 Å². The molecule has 0 aromatic carbocycles. The van der Waals surface area contributed by atoms with Gasteiger partial charge in [-0.15, -0.1) is 0 Å². The maximum absolute atomic E-state index is 14.7. The van der Waals surface area contributed by atoms with Gasteiger partial charge >= 0.3 is 0 Å². The maximum atomic E-state index is 14.7. The van der Waals surface area contributed by atoms with Crippen LogP contribution in [0.4, 0.5) is 4.11 Å². The van der Waals surface area contributed by atoms with Crippen LogP contribution in [-0.2, 0) is 0 Å². The topological polar surface area (TPSA) is 0 Å². The molecule has 17 heavy (non-hydrogen) atoms. The van der Waals surface area contributed by atoms with Crippen molar-refractivity contribution >= 4 is 16.5 Å². The molecule has 0 rings (SSSR count). The van der Waals surface area contributed by atoms with Gasteiger partial charge in [0.15, 0.2) is 0 Å². The van der Waals surface area contributed by atoms with E-state index in [2.05, 4.69) is 40.8 Å². The van der Waals surface area contributed by atoms with Gasteiger partial charge in [0.2, 0.25) is 8.41 Å². The van der Waals surface area contributed by atoms with E-state index in [4.69, 9.17) is 0 Å². The highest BCUT2D eigenvalue weighted by molar-refractivity contribution is 6.95. The molecular formula is C14H33FSi2. The van der Waals surface area contributed by atoms with E-state index in [1.54, 1.807) is 0 Å². The first-order valence-corrected chi connectivity index (χ1v) is 13.4. The fourth-order valence-corrected chi connectivity index (χ4v) is 14.5. The van der Waals surface area contributed by atoms with E-state index >= 15 is 0 Å². The lowest BCUT2D eigenvalue weighted by Crippen LogP contribution is -2.48. The molecule has 0 radical (unpaired) electrons. The fourth-order valence-electron chi connectivity index (χ4n) is 2.91. The highest BCUT2D eigenvalue weighted by Crippen LogP contribution is 2.45. The highest BCUT2D eigenvalue weighted by atomic mass is 28.4. The average molecular weight is 277 g/mol. The smallest absolute Gasteiger partial charge is 0.241 e.